The molecule has 0 saturated carbocycles. The monoisotopic (exact) mass is 398 g/mol. The van der Waals surface area contributed by atoms with E-state index in [9.17, 15) is 24.0 Å². The van der Waals surface area contributed by atoms with Gasteiger partial charge in [-0.1, -0.05) is 6.92 Å². The molecule has 28 heavy (non-hydrogen) atoms. The summed E-state index contributed by atoms with van der Waals surface area (Å²) in [4.78, 5) is 65.5. The van der Waals surface area contributed by atoms with Crippen LogP contribution in [0, 0.1) is 0 Å². The number of nitrogens with one attached hydrogen (secondary N) is 1. The molecule has 154 valence electrons. The number of H-pyrrole nitrogens is 1. The van der Waals surface area contributed by atoms with Crippen molar-refractivity contribution in [2.45, 2.75) is 59.5 Å². The summed E-state index contributed by atoms with van der Waals surface area (Å²) >= 11 is 0. The van der Waals surface area contributed by atoms with Crippen molar-refractivity contribution in [2.24, 2.45) is 0 Å². The molecular weight excluding hydrogens is 376 g/mol. The van der Waals surface area contributed by atoms with Crippen molar-refractivity contribution in [3.05, 3.63) is 17.7 Å². The zero-order valence-electron chi connectivity index (χ0n) is 16.4. The molecule has 0 spiro atoms. The average molecular weight is 398 g/mol. The van der Waals surface area contributed by atoms with Crippen molar-refractivity contribution in [2.75, 3.05) is 0 Å². The van der Waals surface area contributed by atoms with Crippen molar-refractivity contribution in [3.8, 4) is 0 Å². The van der Waals surface area contributed by atoms with Crippen LogP contribution in [0.3, 0.4) is 0 Å². The van der Waals surface area contributed by atoms with E-state index in [-0.39, 0.29) is 17.9 Å². The van der Waals surface area contributed by atoms with Crippen LogP contribution < -0.4 is 0 Å². The Kier molecular flexibility index (Phi) is 7.03. The van der Waals surface area contributed by atoms with Gasteiger partial charge in [-0.05, 0) is 0 Å². The zero-order valence-corrected chi connectivity index (χ0v) is 16.4. The summed E-state index contributed by atoms with van der Waals surface area (Å²) in [5, 5.41) is 0. The first kappa shape index (κ1) is 22.8. The van der Waals surface area contributed by atoms with E-state index in [1.165, 1.54) is 13.8 Å². The van der Waals surface area contributed by atoms with Crippen LogP contribution in [-0.4, -0.2) is 45.4 Å². The van der Waals surface area contributed by atoms with E-state index < -0.39 is 41.2 Å². The van der Waals surface area contributed by atoms with Gasteiger partial charge in [0, 0.05) is 47.2 Å². The molecule has 1 N–H and O–H groups in total. The van der Waals surface area contributed by atoms with Gasteiger partial charge in [0.1, 0.15) is 0 Å². The van der Waals surface area contributed by atoms with Gasteiger partial charge in [-0.25, -0.2) is 4.98 Å². The maximum absolute atomic E-state index is 11.9. The summed E-state index contributed by atoms with van der Waals surface area (Å²) in [5.41, 5.74) is -0.326. The van der Waals surface area contributed by atoms with Gasteiger partial charge in [-0.15, -0.1) is 0 Å². The van der Waals surface area contributed by atoms with Crippen LogP contribution in [0.25, 0.3) is 0 Å². The molecule has 0 amide bonds. The molecule has 11 heteroatoms. The number of hydrogen-bond acceptors (Lipinski definition) is 10. The lowest BCUT2D eigenvalue weighted by molar-refractivity contribution is -0.373. The Labute approximate surface area is 160 Å². The molecular formula is C17H22N2O9. The van der Waals surface area contributed by atoms with E-state index in [1.54, 1.807) is 0 Å². The molecule has 1 aromatic rings. The number of aromatic nitrogens is 2. The molecule has 0 aliphatic rings. The molecule has 0 bridgehead atoms. The minimum absolute atomic E-state index is 0.158. The van der Waals surface area contributed by atoms with Crippen LogP contribution in [0.4, 0.5) is 0 Å². The SMILES string of the molecule is CCC(OC(C)=O)(OC(C)=O)C(OC(C)=O)(OC(C)=O)c1c[nH]c(C(C)=O)n1. The van der Waals surface area contributed by atoms with E-state index in [0.29, 0.717) is 0 Å². The van der Waals surface area contributed by atoms with Crippen molar-refractivity contribution >= 4 is 29.7 Å². The summed E-state index contributed by atoms with van der Waals surface area (Å²) in [6.07, 6.45) is 0.814. The molecule has 0 saturated heterocycles. The molecule has 0 unspecified atom stereocenters. The van der Waals surface area contributed by atoms with Gasteiger partial charge in [0.05, 0.1) is 0 Å². The normalized spacial score (nSPS) is 11.4. The van der Waals surface area contributed by atoms with Gasteiger partial charge in [0.25, 0.3) is 0 Å². The highest BCUT2D eigenvalue weighted by Gasteiger charge is 2.66. The number of carbonyl (C=O) groups excluding carboxylic acids is 5. The Hall–Kier alpha value is -3.24. The Bertz CT molecular complexity index is 764. The van der Waals surface area contributed by atoms with Crippen LogP contribution in [-0.2, 0) is 43.9 Å². The molecule has 0 aliphatic heterocycles. The summed E-state index contributed by atoms with van der Waals surface area (Å²) in [6, 6.07) is 0. The smallest absolute Gasteiger partial charge is 0.381 e. The minimum atomic E-state index is -2.61. The molecule has 1 aromatic heterocycles. The number of carbonyl (C=O) groups is 5. The van der Waals surface area contributed by atoms with Crippen LogP contribution in [0.2, 0.25) is 0 Å². The largest absolute Gasteiger partial charge is 0.414 e. The fourth-order valence-electron chi connectivity index (χ4n) is 2.55. The van der Waals surface area contributed by atoms with Gasteiger partial charge < -0.3 is 23.9 Å². The molecule has 1 rings (SSSR count). The average Bonchev–Trinajstić information content (AvgIpc) is 3.01. The number of rotatable bonds is 8. The third-order valence-corrected chi connectivity index (χ3v) is 3.41. The first-order valence-corrected chi connectivity index (χ1v) is 8.24. The van der Waals surface area contributed by atoms with Gasteiger partial charge >= 0.3 is 35.5 Å². The van der Waals surface area contributed by atoms with Gasteiger partial charge in [0.15, 0.2) is 17.3 Å². The maximum Gasteiger partial charge on any atom is 0.381 e. The minimum Gasteiger partial charge on any atom is -0.414 e. The molecule has 0 atom stereocenters. The predicted octanol–water partition coefficient (Wildman–Crippen LogP) is 1.12. The molecule has 0 fully saturated rings. The second kappa shape index (κ2) is 8.63. The Morgan fingerprint density at radius 2 is 1.29 bits per heavy atom. The third kappa shape index (κ3) is 4.72. The number of ketones is 1. The lowest BCUT2D eigenvalue weighted by Crippen LogP contribution is -2.61. The Morgan fingerprint density at radius 3 is 1.57 bits per heavy atom. The Balaban J connectivity index is 3.91. The van der Waals surface area contributed by atoms with Gasteiger partial charge in [-0.3, -0.25) is 24.0 Å². The number of Topliss-reactive ketones (excluding diaryl/α,β-unsaturated/α-hetero) is 1. The van der Waals surface area contributed by atoms with Crippen LogP contribution >= 0.6 is 0 Å². The topological polar surface area (TPSA) is 151 Å². The standard InChI is InChI=1S/C17H22N2O9/c1-7-16(25-10(3)21,26-11(4)22)17(27-12(5)23,28-13(6)24)14-8-18-15(19-14)9(2)20/h8H,7H2,1-6H3,(H,18,19). The van der Waals surface area contributed by atoms with Crippen molar-refractivity contribution < 1.29 is 42.9 Å². The molecule has 1 heterocycles. The van der Waals surface area contributed by atoms with Crippen LogP contribution in [0.15, 0.2) is 6.20 Å². The lowest BCUT2D eigenvalue weighted by atomic mass is 9.98. The summed E-state index contributed by atoms with van der Waals surface area (Å²) in [6.45, 7) is 6.69. The van der Waals surface area contributed by atoms with Gasteiger partial charge in [-0.2, -0.15) is 0 Å². The number of nitrogens with zero attached hydrogens (tertiary/aromatic N) is 1. The summed E-state index contributed by atoms with van der Waals surface area (Å²) in [7, 11) is 0. The molecule has 0 radical (unpaired) electrons. The van der Waals surface area contributed by atoms with E-state index in [0.717, 1.165) is 33.9 Å². The summed E-state index contributed by atoms with van der Waals surface area (Å²) in [5.74, 6) is -9.44. The maximum atomic E-state index is 11.9. The molecule has 0 aromatic carbocycles. The van der Waals surface area contributed by atoms with Gasteiger partial charge in [0.2, 0.25) is 0 Å². The third-order valence-electron chi connectivity index (χ3n) is 3.41. The highest BCUT2D eigenvalue weighted by Crippen LogP contribution is 2.44. The van der Waals surface area contributed by atoms with E-state index in [2.05, 4.69) is 9.97 Å². The fourth-order valence-corrected chi connectivity index (χ4v) is 2.55. The number of aromatic amines is 1. The number of esters is 4. The summed E-state index contributed by atoms with van der Waals surface area (Å²) < 4.78 is 20.9. The van der Waals surface area contributed by atoms with Crippen LogP contribution in [0.5, 0.6) is 0 Å². The van der Waals surface area contributed by atoms with Crippen molar-refractivity contribution in [3.63, 3.8) is 0 Å². The highest BCUT2D eigenvalue weighted by atomic mass is 16.8. The van der Waals surface area contributed by atoms with E-state index in [1.807, 2.05) is 0 Å². The zero-order chi connectivity index (χ0) is 21.7. The predicted molar refractivity (Wildman–Crippen MR) is 90.4 cm³/mol. The molecule has 0 aliphatic carbocycles. The highest BCUT2D eigenvalue weighted by molar-refractivity contribution is 5.90. The molecule has 11 nitrogen and oxygen atoms in total. The quantitative estimate of drug-likeness (QED) is 0.383. The second-order valence-electron chi connectivity index (χ2n) is 5.79. The van der Waals surface area contributed by atoms with E-state index >= 15 is 0 Å². The lowest BCUT2D eigenvalue weighted by Gasteiger charge is -2.43. The number of imidazole rings is 1. The second-order valence-corrected chi connectivity index (χ2v) is 5.79. The number of ether oxygens (including phenoxy) is 4. The first-order valence-electron chi connectivity index (χ1n) is 8.24. The van der Waals surface area contributed by atoms with E-state index in [4.69, 9.17) is 18.9 Å². The van der Waals surface area contributed by atoms with Crippen molar-refractivity contribution in [1.82, 2.24) is 9.97 Å². The fraction of sp³-hybridized carbons (Fsp3) is 0.529. The Morgan fingerprint density at radius 1 is 0.857 bits per heavy atom. The van der Waals surface area contributed by atoms with Crippen molar-refractivity contribution in [1.29, 1.82) is 0 Å². The number of hydrogen-bond donors (Lipinski definition) is 1. The van der Waals surface area contributed by atoms with Crippen LogP contribution in [0.1, 0.15) is 64.3 Å². The first-order chi connectivity index (χ1) is 12.9.